The number of nitriles is 1. The number of phenolic OH excluding ortho intramolecular Hbond substituents is 1. The molecule has 0 aliphatic carbocycles. The van der Waals surface area contributed by atoms with Gasteiger partial charge >= 0.3 is 0 Å². The fraction of sp³-hybridized carbons (Fsp3) is 0.125. The van der Waals surface area contributed by atoms with Crippen LogP contribution in [0.15, 0.2) is 53.5 Å². The number of aliphatic imine (C=N–C) groups is 1. The molecule has 1 heterocycles. The maximum absolute atomic E-state index is 9.56. The van der Waals surface area contributed by atoms with Crippen LogP contribution in [0.25, 0.3) is 0 Å². The number of benzene rings is 2. The summed E-state index contributed by atoms with van der Waals surface area (Å²) < 4.78 is 5.95. The van der Waals surface area contributed by atoms with Crippen LogP contribution in [0.3, 0.4) is 0 Å². The van der Waals surface area contributed by atoms with Crippen LogP contribution in [-0.4, -0.2) is 10.8 Å². The van der Waals surface area contributed by atoms with Gasteiger partial charge in [0, 0.05) is 12.0 Å². The summed E-state index contributed by atoms with van der Waals surface area (Å²) in [6, 6.07) is 14.7. The Morgan fingerprint density at radius 3 is 2.75 bits per heavy atom. The van der Waals surface area contributed by atoms with Gasteiger partial charge in [0.15, 0.2) is 0 Å². The number of rotatable bonds is 1. The molecule has 4 nitrogen and oxygen atoms in total. The molecular formula is C16H12N2O2. The molecule has 2 aromatic carbocycles. The lowest BCUT2D eigenvalue weighted by molar-refractivity contribution is 0.206. The lowest BCUT2D eigenvalue weighted by atomic mass is 9.95. The van der Waals surface area contributed by atoms with Crippen molar-refractivity contribution < 1.29 is 9.84 Å². The molecule has 0 spiro atoms. The fourth-order valence-corrected chi connectivity index (χ4v) is 2.35. The van der Waals surface area contributed by atoms with Gasteiger partial charge in [0.2, 0.25) is 6.19 Å². The van der Waals surface area contributed by atoms with Crippen LogP contribution in [0.5, 0.6) is 11.5 Å². The van der Waals surface area contributed by atoms with E-state index in [1.807, 2.05) is 36.5 Å². The molecule has 0 amide bonds. The van der Waals surface area contributed by atoms with E-state index in [9.17, 15) is 5.11 Å². The summed E-state index contributed by atoms with van der Waals surface area (Å²) >= 11 is 0. The van der Waals surface area contributed by atoms with E-state index in [0.29, 0.717) is 23.4 Å². The Morgan fingerprint density at radius 2 is 2.00 bits per heavy atom. The van der Waals surface area contributed by atoms with Crippen LogP contribution in [0.2, 0.25) is 0 Å². The summed E-state index contributed by atoms with van der Waals surface area (Å²) in [5.74, 6) is 0.771. The minimum atomic E-state index is -0.166. The Bertz CT molecular complexity index is 702. The molecule has 98 valence electrons. The van der Waals surface area contributed by atoms with Crippen LogP contribution in [0.4, 0.5) is 0 Å². The second-order valence-electron chi connectivity index (χ2n) is 4.56. The summed E-state index contributed by atoms with van der Waals surface area (Å²) in [4.78, 5) is 3.87. The molecule has 2 aromatic rings. The maximum atomic E-state index is 9.56. The Kier molecular flexibility index (Phi) is 3.10. The standard InChI is InChI=1S/C16H12N2O2/c17-10-18-14-9-16(11-4-2-1-3-5-11)20-15-7-6-12(19)8-13(14)15/h1-8,16,19H,9H2. The number of phenols is 1. The minimum Gasteiger partial charge on any atom is -0.508 e. The van der Waals surface area contributed by atoms with Crippen molar-refractivity contribution in [3.63, 3.8) is 0 Å². The van der Waals surface area contributed by atoms with E-state index in [0.717, 1.165) is 5.56 Å². The van der Waals surface area contributed by atoms with E-state index in [4.69, 9.17) is 10.00 Å². The van der Waals surface area contributed by atoms with Gasteiger partial charge in [0.25, 0.3) is 0 Å². The summed E-state index contributed by atoms with van der Waals surface area (Å²) in [7, 11) is 0. The van der Waals surface area contributed by atoms with Gasteiger partial charge in [-0.25, -0.2) is 0 Å². The average molecular weight is 264 g/mol. The van der Waals surface area contributed by atoms with E-state index in [2.05, 4.69) is 4.99 Å². The second-order valence-corrected chi connectivity index (χ2v) is 4.56. The van der Waals surface area contributed by atoms with E-state index in [-0.39, 0.29) is 11.9 Å². The molecular weight excluding hydrogens is 252 g/mol. The first-order valence-electron chi connectivity index (χ1n) is 6.28. The predicted molar refractivity (Wildman–Crippen MR) is 74.7 cm³/mol. The second kappa shape index (κ2) is 5.06. The average Bonchev–Trinajstić information content (AvgIpc) is 2.49. The third-order valence-electron chi connectivity index (χ3n) is 3.28. The normalized spacial score (nSPS) is 18.9. The molecule has 0 radical (unpaired) electrons. The zero-order valence-electron chi connectivity index (χ0n) is 10.7. The Balaban J connectivity index is 2.04. The number of hydrogen-bond donors (Lipinski definition) is 1. The first-order chi connectivity index (χ1) is 9.78. The van der Waals surface area contributed by atoms with Crippen molar-refractivity contribution >= 4 is 5.71 Å². The molecule has 0 bridgehead atoms. The third-order valence-corrected chi connectivity index (χ3v) is 3.28. The number of nitrogens with zero attached hydrogens (tertiary/aromatic N) is 2. The van der Waals surface area contributed by atoms with Gasteiger partial charge < -0.3 is 9.84 Å². The highest BCUT2D eigenvalue weighted by molar-refractivity contribution is 6.04. The smallest absolute Gasteiger partial charge is 0.205 e. The highest BCUT2D eigenvalue weighted by Gasteiger charge is 2.26. The van der Waals surface area contributed by atoms with Gasteiger partial charge in [-0.15, -0.1) is 0 Å². The van der Waals surface area contributed by atoms with Crippen LogP contribution >= 0.6 is 0 Å². The number of aromatic hydroxyl groups is 1. The summed E-state index contributed by atoms with van der Waals surface area (Å²) in [5, 5.41) is 18.4. The molecule has 0 fully saturated rings. The molecule has 4 heteroatoms. The van der Waals surface area contributed by atoms with Crippen molar-refractivity contribution in [1.29, 1.82) is 5.26 Å². The maximum Gasteiger partial charge on any atom is 0.205 e. The van der Waals surface area contributed by atoms with Crippen molar-refractivity contribution in [2.45, 2.75) is 12.5 Å². The van der Waals surface area contributed by atoms with Crippen molar-refractivity contribution in [3.05, 3.63) is 59.7 Å². The van der Waals surface area contributed by atoms with Crippen molar-refractivity contribution in [2.75, 3.05) is 0 Å². The zero-order valence-corrected chi connectivity index (χ0v) is 10.7. The molecule has 1 N–H and O–H groups in total. The van der Waals surface area contributed by atoms with Gasteiger partial charge in [0.05, 0.1) is 5.71 Å². The van der Waals surface area contributed by atoms with Crippen molar-refractivity contribution in [1.82, 2.24) is 0 Å². The van der Waals surface area contributed by atoms with Crippen LogP contribution in [-0.2, 0) is 0 Å². The third kappa shape index (κ3) is 2.21. The van der Waals surface area contributed by atoms with Gasteiger partial charge in [-0.3, -0.25) is 0 Å². The molecule has 0 saturated carbocycles. The molecule has 20 heavy (non-hydrogen) atoms. The highest BCUT2D eigenvalue weighted by atomic mass is 16.5. The largest absolute Gasteiger partial charge is 0.508 e. The minimum absolute atomic E-state index is 0.135. The van der Waals surface area contributed by atoms with Gasteiger partial charge in [-0.05, 0) is 23.8 Å². The van der Waals surface area contributed by atoms with E-state index >= 15 is 0 Å². The van der Waals surface area contributed by atoms with Crippen LogP contribution in [0, 0.1) is 11.5 Å². The molecule has 3 rings (SSSR count). The Morgan fingerprint density at radius 1 is 1.20 bits per heavy atom. The van der Waals surface area contributed by atoms with E-state index in [1.54, 1.807) is 18.2 Å². The lowest BCUT2D eigenvalue weighted by Crippen LogP contribution is -2.20. The summed E-state index contributed by atoms with van der Waals surface area (Å²) in [5.41, 5.74) is 2.36. The SMILES string of the molecule is N#CN=C1CC(c2ccccc2)Oc2ccc(O)cc21. The van der Waals surface area contributed by atoms with Crippen LogP contribution in [0.1, 0.15) is 23.7 Å². The number of hydrogen-bond acceptors (Lipinski definition) is 4. The summed E-state index contributed by atoms with van der Waals surface area (Å²) in [6.07, 6.45) is 2.16. The van der Waals surface area contributed by atoms with Gasteiger partial charge in [-0.1, -0.05) is 30.3 Å². The first-order valence-corrected chi connectivity index (χ1v) is 6.28. The molecule has 1 atom stereocenters. The summed E-state index contributed by atoms with van der Waals surface area (Å²) in [6.45, 7) is 0. The topological polar surface area (TPSA) is 65.6 Å². The monoisotopic (exact) mass is 264 g/mol. The quantitative estimate of drug-likeness (QED) is 0.804. The first kappa shape index (κ1) is 12.2. The fourth-order valence-electron chi connectivity index (χ4n) is 2.35. The van der Waals surface area contributed by atoms with Gasteiger partial charge in [-0.2, -0.15) is 10.3 Å². The molecule has 1 aliphatic rings. The van der Waals surface area contributed by atoms with Crippen molar-refractivity contribution in [3.8, 4) is 17.7 Å². The highest BCUT2D eigenvalue weighted by Crippen LogP contribution is 2.36. The molecule has 1 aliphatic heterocycles. The number of fused-ring (bicyclic) bond motifs is 1. The van der Waals surface area contributed by atoms with Crippen LogP contribution < -0.4 is 4.74 Å². The molecule has 0 aromatic heterocycles. The van der Waals surface area contributed by atoms with Crippen molar-refractivity contribution in [2.24, 2.45) is 4.99 Å². The van der Waals surface area contributed by atoms with E-state index in [1.165, 1.54) is 0 Å². The lowest BCUT2D eigenvalue weighted by Gasteiger charge is -2.27. The molecule has 0 saturated heterocycles. The number of ether oxygens (including phenoxy) is 1. The Hall–Kier alpha value is -2.80. The predicted octanol–water partition coefficient (Wildman–Crippen LogP) is 3.19. The Labute approximate surface area is 116 Å². The molecule has 1 unspecified atom stereocenters. The zero-order chi connectivity index (χ0) is 13.9. The van der Waals surface area contributed by atoms with Gasteiger partial charge in [0.1, 0.15) is 17.6 Å². The van der Waals surface area contributed by atoms with E-state index < -0.39 is 0 Å².